The molecule has 0 heterocycles. The first-order valence-corrected chi connectivity index (χ1v) is 8.47. The standard InChI is InChI=1S/C9H19NO.C6H4Cl2.C2H6/c1-10(2)7-8-3-5-9(11)6-4-8;7-5-3-1-2-4-6(5)8;1-2/h8-9,11H,3-7H2,1-2H3;1-4H;1-2H3. The zero-order valence-electron chi connectivity index (χ0n) is 13.6. The van der Waals surface area contributed by atoms with E-state index in [0.29, 0.717) is 10.0 Å². The number of aliphatic hydroxyl groups excluding tert-OH is 1. The van der Waals surface area contributed by atoms with Gasteiger partial charge in [-0.15, -0.1) is 0 Å². The second-order valence-electron chi connectivity index (χ2n) is 5.35. The molecule has 2 nitrogen and oxygen atoms in total. The highest BCUT2D eigenvalue weighted by Gasteiger charge is 2.19. The summed E-state index contributed by atoms with van der Waals surface area (Å²) in [5, 5.41) is 10.5. The largest absolute Gasteiger partial charge is 0.393 e. The lowest BCUT2D eigenvalue weighted by molar-refractivity contribution is 0.100. The molecule has 0 aliphatic heterocycles. The molecule has 0 spiro atoms. The third kappa shape index (κ3) is 10.1. The molecule has 1 N–H and O–H groups in total. The van der Waals surface area contributed by atoms with Crippen LogP contribution in [0.15, 0.2) is 24.3 Å². The van der Waals surface area contributed by atoms with Crippen molar-refractivity contribution in [3.63, 3.8) is 0 Å². The zero-order valence-corrected chi connectivity index (χ0v) is 15.2. The summed E-state index contributed by atoms with van der Waals surface area (Å²) in [4.78, 5) is 2.24. The molecule has 21 heavy (non-hydrogen) atoms. The Balaban J connectivity index is 0.000000354. The first kappa shape index (κ1) is 20.7. The summed E-state index contributed by atoms with van der Waals surface area (Å²) in [6.07, 6.45) is 4.43. The third-order valence-corrected chi connectivity index (χ3v) is 4.02. The maximum Gasteiger partial charge on any atom is 0.0592 e. The lowest BCUT2D eigenvalue weighted by Crippen LogP contribution is -2.27. The Kier molecular flexibility index (Phi) is 12.1. The average molecular weight is 334 g/mol. The van der Waals surface area contributed by atoms with Crippen LogP contribution < -0.4 is 0 Å². The van der Waals surface area contributed by atoms with E-state index in [0.717, 1.165) is 18.8 Å². The monoisotopic (exact) mass is 333 g/mol. The summed E-state index contributed by atoms with van der Waals surface area (Å²) in [7, 11) is 4.23. The Bertz CT molecular complexity index is 343. The van der Waals surface area contributed by atoms with Crippen molar-refractivity contribution in [3.05, 3.63) is 34.3 Å². The van der Waals surface area contributed by atoms with E-state index in [4.69, 9.17) is 23.2 Å². The van der Waals surface area contributed by atoms with Gasteiger partial charge in [0.05, 0.1) is 16.1 Å². The van der Waals surface area contributed by atoms with E-state index in [1.807, 2.05) is 26.0 Å². The molecule has 1 aliphatic carbocycles. The Labute approximate surface area is 140 Å². The predicted octanol–water partition coefficient (Wildman–Crippen LogP) is 5.12. The van der Waals surface area contributed by atoms with Crippen LogP contribution in [0.4, 0.5) is 0 Å². The van der Waals surface area contributed by atoms with Gasteiger partial charge in [0.1, 0.15) is 0 Å². The highest BCUT2D eigenvalue weighted by atomic mass is 35.5. The summed E-state index contributed by atoms with van der Waals surface area (Å²) in [5.74, 6) is 0.827. The van der Waals surface area contributed by atoms with Crippen molar-refractivity contribution in [3.8, 4) is 0 Å². The van der Waals surface area contributed by atoms with Gasteiger partial charge in [0.2, 0.25) is 0 Å². The first-order chi connectivity index (χ1) is 9.99. The Morgan fingerprint density at radius 2 is 1.43 bits per heavy atom. The number of benzene rings is 1. The van der Waals surface area contributed by atoms with Crippen LogP contribution in [0.25, 0.3) is 0 Å². The summed E-state index contributed by atoms with van der Waals surface area (Å²) < 4.78 is 0. The van der Waals surface area contributed by atoms with Crippen LogP contribution in [-0.4, -0.2) is 36.8 Å². The molecule has 0 atom stereocenters. The van der Waals surface area contributed by atoms with Gasteiger partial charge in [0.15, 0.2) is 0 Å². The van der Waals surface area contributed by atoms with Gasteiger partial charge >= 0.3 is 0 Å². The van der Waals surface area contributed by atoms with Gasteiger partial charge < -0.3 is 10.0 Å². The van der Waals surface area contributed by atoms with Crippen LogP contribution in [0.1, 0.15) is 39.5 Å². The molecular formula is C17H29Cl2NO. The summed E-state index contributed by atoms with van der Waals surface area (Å²) in [5.41, 5.74) is 0. The van der Waals surface area contributed by atoms with E-state index in [-0.39, 0.29) is 6.10 Å². The SMILES string of the molecule is CC.CN(C)CC1CCC(O)CC1.Clc1ccccc1Cl. The molecule has 0 unspecified atom stereocenters. The zero-order chi connectivity index (χ0) is 16.3. The molecule has 4 heteroatoms. The molecule has 1 aromatic rings. The van der Waals surface area contributed by atoms with Gasteiger partial charge in [-0.05, 0) is 57.8 Å². The fourth-order valence-electron chi connectivity index (χ4n) is 2.28. The highest BCUT2D eigenvalue weighted by Crippen LogP contribution is 2.24. The number of aliphatic hydroxyl groups is 1. The number of halogens is 2. The average Bonchev–Trinajstić information content (AvgIpc) is 2.47. The molecule has 122 valence electrons. The van der Waals surface area contributed by atoms with E-state index in [1.54, 1.807) is 12.1 Å². The fourth-order valence-corrected chi connectivity index (χ4v) is 2.55. The van der Waals surface area contributed by atoms with Gasteiger partial charge in [0, 0.05) is 6.54 Å². The second kappa shape index (κ2) is 12.3. The van der Waals surface area contributed by atoms with E-state index < -0.39 is 0 Å². The topological polar surface area (TPSA) is 23.5 Å². The van der Waals surface area contributed by atoms with E-state index in [2.05, 4.69) is 19.0 Å². The number of hydrogen-bond donors (Lipinski definition) is 1. The molecule has 1 fully saturated rings. The maximum absolute atomic E-state index is 9.25. The van der Waals surface area contributed by atoms with E-state index >= 15 is 0 Å². The summed E-state index contributed by atoms with van der Waals surface area (Å²) in [6.45, 7) is 5.19. The van der Waals surface area contributed by atoms with Crippen LogP contribution >= 0.6 is 23.2 Å². The lowest BCUT2D eigenvalue weighted by Gasteiger charge is -2.27. The molecule has 1 aromatic carbocycles. The molecule has 1 saturated carbocycles. The van der Waals surface area contributed by atoms with Crippen LogP contribution in [0.2, 0.25) is 10.0 Å². The van der Waals surface area contributed by atoms with Crippen molar-refractivity contribution in [1.29, 1.82) is 0 Å². The minimum absolute atomic E-state index is 0.00610. The van der Waals surface area contributed by atoms with Crippen molar-refractivity contribution in [2.75, 3.05) is 20.6 Å². The van der Waals surface area contributed by atoms with Crippen LogP contribution in [0.5, 0.6) is 0 Å². The van der Waals surface area contributed by atoms with Crippen molar-refractivity contribution >= 4 is 23.2 Å². The third-order valence-electron chi connectivity index (χ3n) is 3.26. The highest BCUT2D eigenvalue weighted by molar-refractivity contribution is 6.41. The molecule has 0 amide bonds. The fraction of sp³-hybridized carbons (Fsp3) is 0.647. The Morgan fingerprint density at radius 1 is 1.00 bits per heavy atom. The normalized spacial score (nSPS) is 21.0. The van der Waals surface area contributed by atoms with Crippen molar-refractivity contribution in [2.24, 2.45) is 5.92 Å². The summed E-state index contributed by atoms with van der Waals surface area (Å²) >= 11 is 11.2. The molecule has 0 saturated heterocycles. The van der Waals surface area contributed by atoms with Crippen molar-refractivity contribution in [2.45, 2.75) is 45.6 Å². The summed E-state index contributed by atoms with van der Waals surface area (Å²) in [6, 6.07) is 7.19. The van der Waals surface area contributed by atoms with Crippen LogP contribution in [0.3, 0.4) is 0 Å². The molecule has 0 radical (unpaired) electrons. The van der Waals surface area contributed by atoms with Gasteiger partial charge in [-0.3, -0.25) is 0 Å². The molecule has 1 aliphatic rings. The quantitative estimate of drug-likeness (QED) is 0.811. The van der Waals surface area contributed by atoms with Crippen molar-refractivity contribution < 1.29 is 5.11 Å². The van der Waals surface area contributed by atoms with Gasteiger partial charge in [0.25, 0.3) is 0 Å². The van der Waals surface area contributed by atoms with Gasteiger partial charge in [-0.1, -0.05) is 49.2 Å². The van der Waals surface area contributed by atoms with E-state index in [1.165, 1.54) is 19.4 Å². The number of hydrogen-bond acceptors (Lipinski definition) is 2. The molecule has 0 aromatic heterocycles. The maximum atomic E-state index is 9.25. The van der Waals surface area contributed by atoms with Crippen LogP contribution in [-0.2, 0) is 0 Å². The van der Waals surface area contributed by atoms with Crippen LogP contribution in [0, 0.1) is 5.92 Å². The first-order valence-electron chi connectivity index (χ1n) is 7.72. The van der Waals surface area contributed by atoms with Crippen molar-refractivity contribution in [1.82, 2.24) is 4.90 Å². The molecule has 0 bridgehead atoms. The minimum Gasteiger partial charge on any atom is -0.393 e. The minimum atomic E-state index is -0.00610. The van der Waals surface area contributed by atoms with Gasteiger partial charge in [-0.25, -0.2) is 0 Å². The van der Waals surface area contributed by atoms with E-state index in [9.17, 15) is 5.11 Å². The molecular weight excluding hydrogens is 305 g/mol. The lowest BCUT2D eigenvalue weighted by atomic mass is 9.87. The van der Waals surface area contributed by atoms with Gasteiger partial charge in [-0.2, -0.15) is 0 Å². The Hall–Kier alpha value is -0.280. The second-order valence-corrected chi connectivity index (χ2v) is 6.17. The molecule has 2 rings (SSSR count). The Morgan fingerprint density at radius 3 is 1.76 bits per heavy atom. The predicted molar refractivity (Wildman–Crippen MR) is 94.3 cm³/mol. The smallest absolute Gasteiger partial charge is 0.0592 e. The number of nitrogens with zero attached hydrogens (tertiary/aromatic N) is 1. The number of rotatable bonds is 2.